The summed E-state index contributed by atoms with van der Waals surface area (Å²) in [5.41, 5.74) is 5.52. The smallest absolute Gasteiger partial charge is 0.130 e. The fourth-order valence-electron chi connectivity index (χ4n) is 1.51. The molecule has 0 aliphatic heterocycles. The molecule has 0 saturated heterocycles. The fraction of sp³-hybridized carbons (Fsp3) is 0.417. The lowest BCUT2D eigenvalue weighted by atomic mass is 10.1. The summed E-state index contributed by atoms with van der Waals surface area (Å²) >= 11 is 4.82. The van der Waals surface area contributed by atoms with Crippen molar-refractivity contribution in [3.63, 3.8) is 0 Å². The quantitative estimate of drug-likeness (QED) is 0.823. The van der Waals surface area contributed by atoms with E-state index >= 15 is 0 Å². The molecule has 0 bridgehead atoms. The van der Waals surface area contributed by atoms with E-state index in [9.17, 15) is 8.78 Å². The van der Waals surface area contributed by atoms with E-state index in [1.165, 1.54) is 18.2 Å². The van der Waals surface area contributed by atoms with E-state index in [1.807, 2.05) is 18.7 Å². The number of nitrogens with zero attached hydrogens (tertiary/aromatic N) is 1. The molecule has 1 aromatic carbocycles. The van der Waals surface area contributed by atoms with E-state index in [2.05, 4.69) is 0 Å². The Morgan fingerprint density at radius 2 is 1.88 bits per heavy atom. The van der Waals surface area contributed by atoms with E-state index in [4.69, 9.17) is 18.0 Å². The minimum atomic E-state index is -0.543. The number of benzene rings is 1. The molecule has 0 amide bonds. The van der Waals surface area contributed by atoms with Gasteiger partial charge in [0.1, 0.15) is 11.6 Å². The van der Waals surface area contributed by atoms with Gasteiger partial charge in [0.05, 0.1) is 4.99 Å². The Bertz CT molecular complexity index is 387. The lowest BCUT2D eigenvalue weighted by Crippen LogP contribution is -2.37. The minimum Gasteiger partial charge on any atom is -0.392 e. The summed E-state index contributed by atoms with van der Waals surface area (Å²) in [4.78, 5) is 2.14. The highest BCUT2D eigenvalue weighted by atomic mass is 32.1. The first-order chi connectivity index (χ1) is 7.91. The maximum absolute atomic E-state index is 13.5. The zero-order valence-electron chi connectivity index (χ0n) is 9.91. The largest absolute Gasteiger partial charge is 0.392 e. The molecule has 1 aromatic rings. The summed E-state index contributed by atoms with van der Waals surface area (Å²) in [6.07, 6.45) is 0. The molecule has 0 unspecified atom stereocenters. The second kappa shape index (κ2) is 6.02. The van der Waals surface area contributed by atoms with Crippen molar-refractivity contribution >= 4 is 17.2 Å². The zero-order chi connectivity index (χ0) is 13.0. The van der Waals surface area contributed by atoms with Gasteiger partial charge in [0.25, 0.3) is 0 Å². The van der Waals surface area contributed by atoms with Gasteiger partial charge in [-0.3, -0.25) is 4.90 Å². The molecule has 0 atom stereocenters. The first-order valence-electron chi connectivity index (χ1n) is 5.37. The number of hydrogen-bond acceptors (Lipinski definition) is 2. The minimum absolute atomic E-state index is 0.0532. The van der Waals surface area contributed by atoms with Gasteiger partial charge in [-0.15, -0.1) is 0 Å². The van der Waals surface area contributed by atoms with Crippen LogP contribution in [0.5, 0.6) is 0 Å². The van der Waals surface area contributed by atoms with E-state index in [-0.39, 0.29) is 18.2 Å². The van der Waals surface area contributed by atoms with Crippen LogP contribution in [0.3, 0.4) is 0 Å². The SMILES string of the molecule is CC(C)N(CC(N)=S)Cc1c(F)cccc1F. The van der Waals surface area contributed by atoms with Crippen LogP contribution < -0.4 is 5.73 Å². The number of thiocarbonyl (C=S) groups is 1. The van der Waals surface area contributed by atoms with Gasteiger partial charge in [-0.25, -0.2) is 8.78 Å². The lowest BCUT2D eigenvalue weighted by Gasteiger charge is -2.26. The maximum Gasteiger partial charge on any atom is 0.130 e. The first kappa shape index (κ1) is 14.0. The second-order valence-corrected chi connectivity index (χ2v) is 4.69. The van der Waals surface area contributed by atoms with Crippen molar-refractivity contribution in [2.45, 2.75) is 26.4 Å². The Balaban J connectivity index is 2.89. The van der Waals surface area contributed by atoms with E-state index in [1.54, 1.807) is 0 Å². The van der Waals surface area contributed by atoms with E-state index in [0.717, 1.165) is 0 Å². The monoisotopic (exact) mass is 258 g/mol. The van der Waals surface area contributed by atoms with E-state index in [0.29, 0.717) is 11.5 Å². The molecule has 2 nitrogen and oxygen atoms in total. The Morgan fingerprint density at radius 3 is 2.29 bits per heavy atom. The van der Waals surface area contributed by atoms with Crippen molar-refractivity contribution < 1.29 is 8.78 Å². The van der Waals surface area contributed by atoms with Crippen molar-refractivity contribution in [2.75, 3.05) is 6.54 Å². The molecule has 0 aromatic heterocycles. The Kier molecular flexibility index (Phi) is 4.96. The zero-order valence-corrected chi connectivity index (χ0v) is 10.7. The van der Waals surface area contributed by atoms with Crippen LogP contribution in [0.25, 0.3) is 0 Å². The molecule has 0 heterocycles. The van der Waals surface area contributed by atoms with Crippen LogP contribution in [0.15, 0.2) is 18.2 Å². The molecular formula is C12H16F2N2S. The summed E-state index contributed by atoms with van der Waals surface area (Å²) < 4.78 is 27.0. The Labute approximate surface area is 105 Å². The molecule has 0 aliphatic rings. The van der Waals surface area contributed by atoms with Gasteiger partial charge in [0.2, 0.25) is 0 Å². The van der Waals surface area contributed by atoms with Crippen molar-refractivity contribution in [3.05, 3.63) is 35.4 Å². The standard InChI is InChI=1S/C12H16F2N2S/c1-8(2)16(7-12(15)17)6-9-10(13)4-3-5-11(9)14/h3-5,8H,6-7H2,1-2H3,(H2,15,17). The Morgan fingerprint density at radius 1 is 1.35 bits per heavy atom. The molecule has 1 rings (SSSR count). The predicted octanol–water partition coefficient (Wildman–Crippen LogP) is 2.46. The van der Waals surface area contributed by atoms with Gasteiger partial charge in [0, 0.05) is 24.7 Å². The number of hydrogen-bond donors (Lipinski definition) is 1. The van der Waals surface area contributed by atoms with Crippen LogP contribution in [0.2, 0.25) is 0 Å². The molecule has 0 saturated carbocycles. The number of rotatable bonds is 5. The van der Waals surface area contributed by atoms with Crippen molar-refractivity contribution in [3.8, 4) is 0 Å². The van der Waals surface area contributed by atoms with Crippen molar-refractivity contribution in [1.82, 2.24) is 4.90 Å². The van der Waals surface area contributed by atoms with Gasteiger partial charge < -0.3 is 5.73 Å². The van der Waals surface area contributed by atoms with Crippen LogP contribution in [-0.2, 0) is 6.54 Å². The van der Waals surface area contributed by atoms with Crippen LogP contribution in [0.1, 0.15) is 19.4 Å². The highest BCUT2D eigenvalue weighted by molar-refractivity contribution is 7.80. The topological polar surface area (TPSA) is 29.3 Å². The summed E-state index contributed by atoms with van der Waals surface area (Å²) in [5, 5.41) is 0. The molecule has 17 heavy (non-hydrogen) atoms. The van der Waals surface area contributed by atoms with Crippen LogP contribution in [-0.4, -0.2) is 22.5 Å². The van der Waals surface area contributed by atoms with Gasteiger partial charge in [0.15, 0.2) is 0 Å². The third kappa shape index (κ3) is 4.02. The van der Waals surface area contributed by atoms with Gasteiger partial charge in [-0.1, -0.05) is 18.3 Å². The molecule has 0 radical (unpaired) electrons. The van der Waals surface area contributed by atoms with Crippen LogP contribution in [0, 0.1) is 11.6 Å². The summed E-state index contributed by atoms with van der Waals surface area (Å²) in [6.45, 7) is 4.36. The fourth-order valence-corrected chi connectivity index (χ4v) is 1.67. The summed E-state index contributed by atoms with van der Waals surface area (Å²) in [7, 11) is 0. The third-order valence-electron chi connectivity index (χ3n) is 2.51. The summed E-state index contributed by atoms with van der Waals surface area (Å²) in [6, 6.07) is 3.95. The second-order valence-electron chi connectivity index (χ2n) is 4.17. The Hall–Kier alpha value is -1.07. The van der Waals surface area contributed by atoms with E-state index < -0.39 is 11.6 Å². The van der Waals surface area contributed by atoms with Gasteiger partial charge in [-0.05, 0) is 26.0 Å². The average molecular weight is 258 g/mol. The maximum atomic E-state index is 13.5. The summed E-state index contributed by atoms with van der Waals surface area (Å²) in [5.74, 6) is -1.09. The molecule has 2 N–H and O–H groups in total. The normalized spacial score (nSPS) is 11.2. The average Bonchev–Trinajstić information content (AvgIpc) is 2.21. The molecule has 5 heteroatoms. The van der Waals surface area contributed by atoms with Crippen molar-refractivity contribution in [1.29, 1.82) is 0 Å². The predicted molar refractivity (Wildman–Crippen MR) is 68.7 cm³/mol. The molecule has 94 valence electrons. The van der Waals surface area contributed by atoms with Crippen molar-refractivity contribution in [2.24, 2.45) is 5.73 Å². The third-order valence-corrected chi connectivity index (χ3v) is 2.64. The molecule has 0 fully saturated rings. The number of halogens is 2. The van der Waals surface area contributed by atoms with Gasteiger partial charge in [-0.2, -0.15) is 0 Å². The van der Waals surface area contributed by atoms with Crippen LogP contribution >= 0.6 is 12.2 Å². The first-order valence-corrected chi connectivity index (χ1v) is 5.78. The van der Waals surface area contributed by atoms with Gasteiger partial charge >= 0.3 is 0 Å². The van der Waals surface area contributed by atoms with Crippen LogP contribution in [0.4, 0.5) is 8.78 Å². The highest BCUT2D eigenvalue weighted by Crippen LogP contribution is 2.15. The molecule has 0 spiro atoms. The molecular weight excluding hydrogens is 242 g/mol. The highest BCUT2D eigenvalue weighted by Gasteiger charge is 2.16. The molecule has 0 aliphatic carbocycles. The lowest BCUT2D eigenvalue weighted by molar-refractivity contribution is 0.238. The number of nitrogens with two attached hydrogens (primary N) is 1.